The van der Waals surface area contributed by atoms with Crippen LogP contribution in [-0.2, 0) is 0 Å². The van der Waals surface area contributed by atoms with Gasteiger partial charge in [-0.05, 0) is 37.9 Å². The standard InChI is InChI=1S/C18H24N2O/c1-2-9-16(10-3-1)19-13-6-14-21-17-11-4-7-15-8-5-12-20-18(15)17/h4-5,7-8,11-12,16,19H,1-3,6,9-10,13-14H2. The Kier molecular flexibility index (Phi) is 5.06. The van der Waals surface area contributed by atoms with Gasteiger partial charge in [0.15, 0.2) is 0 Å². The first-order valence-corrected chi connectivity index (χ1v) is 8.13. The summed E-state index contributed by atoms with van der Waals surface area (Å²) in [4.78, 5) is 4.41. The van der Waals surface area contributed by atoms with Crippen LogP contribution in [-0.4, -0.2) is 24.2 Å². The number of hydrogen-bond acceptors (Lipinski definition) is 3. The molecular weight excluding hydrogens is 260 g/mol. The van der Waals surface area contributed by atoms with Gasteiger partial charge in [0.05, 0.1) is 6.61 Å². The molecule has 112 valence electrons. The van der Waals surface area contributed by atoms with Crippen molar-refractivity contribution in [1.29, 1.82) is 0 Å². The van der Waals surface area contributed by atoms with E-state index in [0.717, 1.165) is 42.3 Å². The fourth-order valence-corrected chi connectivity index (χ4v) is 3.06. The van der Waals surface area contributed by atoms with Gasteiger partial charge < -0.3 is 10.1 Å². The van der Waals surface area contributed by atoms with Crippen LogP contribution in [0.1, 0.15) is 38.5 Å². The molecule has 2 aromatic rings. The van der Waals surface area contributed by atoms with E-state index in [-0.39, 0.29) is 0 Å². The topological polar surface area (TPSA) is 34.1 Å². The lowest BCUT2D eigenvalue weighted by molar-refractivity contribution is 0.299. The fraction of sp³-hybridized carbons (Fsp3) is 0.500. The van der Waals surface area contributed by atoms with Crippen molar-refractivity contribution in [3.63, 3.8) is 0 Å². The lowest BCUT2D eigenvalue weighted by atomic mass is 9.95. The molecule has 21 heavy (non-hydrogen) atoms. The Morgan fingerprint density at radius 2 is 1.95 bits per heavy atom. The van der Waals surface area contributed by atoms with Crippen molar-refractivity contribution in [2.45, 2.75) is 44.6 Å². The fourth-order valence-electron chi connectivity index (χ4n) is 3.06. The molecule has 3 rings (SSSR count). The second kappa shape index (κ2) is 7.41. The Labute approximate surface area is 126 Å². The number of nitrogens with zero attached hydrogens (tertiary/aromatic N) is 1. The minimum Gasteiger partial charge on any atom is -0.491 e. The molecule has 1 saturated carbocycles. The van der Waals surface area contributed by atoms with E-state index in [4.69, 9.17) is 4.74 Å². The summed E-state index contributed by atoms with van der Waals surface area (Å²) < 4.78 is 5.91. The van der Waals surface area contributed by atoms with E-state index in [9.17, 15) is 0 Å². The third-order valence-corrected chi connectivity index (χ3v) is 4.21. The average molecular weight is 284 g/mol. The number of pyridine rings is 1. The van der Waals surface area contributed by atoms with Crippen molar-refractivity contribution < 1.29 is 4.74 Å². The zero-order valence-corrected chi connectivity index (χ0v) is 12.6. The smallest absolute Gasteiger partial charge is 0.145 e. The van der Waals surface area contributed by atoms with E-state index < -0.39 is 0 Å². The number of nitrogens with one attached hydrogen (secondary N) is 1. The lowest BCUT2D eigenvalue weighted by Crippen LogP contribution is -2.32. The molecule has 0 spiro atoms. The molecule has 0 unspecified atom stereocenters. The number of ether oxygens (including phenoxy) is 1. The minimum absolute atomic E-state index is 0.734. The molecular formula is C18H24N2O. The van der Waals surface area contributed by atoms with Crippen LogP contribution in [0.4, 0.5) is 0 Å². The number of para-hydroxylation sites is 1. The summed E-state index contributed by atoms with van der Waals surface area (Å²) in [6.07, 6.45) is 9.72. The van der Waals surface area contributed by atoms with Gasteiger partial charge in [-0.15, -0.1) is 0 Å². The number of fused-ring (bicyclic) bond motifs is 1. The van der Waals surface area contributed by atoms with Gasteiger partial charge in [-0.25, -0.2) is 0 Å². The summed E-state index contributed by atoms with van der Waals surface area (Å²) in [5.41, 5.74) is 0.959. The maximum Gasteiger partial charge on any atom is 0.145 e. The quantitative estimate of drug-likeness (QED) is 0.816. The average Bonchev–Trinajstić information content (AvgIpc) is 2.56. The van der Waals surface area contributed by atoms with Crippen molar-refractivity contribution in [3.8, 4) is 5.75 Å². The molecule has 1 fully saturated rings. The molecule has 3 heteroatoms. The summed E-state index contributed by atoms with van der Waals surface area (Å²) in [5, 5.41) is 4.78. The predicted octanol–water partition coefficient (Wildman–Crippen LogP) is 3.93. The number of benzene rings is 1. The number of aromatic nitrogens is 1. The first-order valence-electron chi connectivity index (χ1n) is 8.13. The highest BCUT2D eigenvalue weighted by molar-refractivity contribution is 5.84. The van der Waals surface area contributed by atoms with Gasteiger partial charge >= 0.3 is 0 Å². The van der Waals surface area contributed by atoms with Gasteiger partial charge in [-0.3, -0.25) is 4.98 Å². The van der Waals surface area contributed by atoms with Crippen LogP contribution in [0.2, 0.25) is 0 Å². The molecule has 1 N–H and O–H groups in total. The van der Waals surface area contributed by atoms with E-state index in [1.54, 1.807) is 0 Å². The number of hydrogen-bond donors (Lipinski definition) is 1. The van der Waals surface area contributed by atoms with Crippen molar-refractivity contribution in [1.82, 2.24) is 10.3 Å². The molecule has 1 aromatic carbocycles. The highest BCUT2D eigenvalue weighted by Crippen LogP contribution is 2.23. The molecule has 0 atom stereocenters. The van der Waals surface area contributed by atoms with Crippen molar-refractivity contribution >= 4 is 10.9 Å². The Balaban J connectivity index is 1.44. The van der Waals surface area contributed by atoms with Gasteiger partial charge in [-0.1, -0.05) is 37.5 Å². The summed E-state index contributed by atoms with van der Waals surface area (Å²) in [6.45, 7) is 1.79. The summed E-state index contributed by atoms with van der Waals surface area (Å²) in [6, 6.07) is 10.9. The van der Waals surface area contributed by atoms with Crippen molar-refractivity contribution in [2.24, 2.45) is 0 Å². The third kappa shape index (κ3) is 3.94. The molecule has 1 heterocycles. The molecule has 0 aliphatic heterocycles. The van der Waals surface area contributed by atoms with Gasteiger partial charge in [0.2, 0.25) is 0 Å². The second-order valence-electron chi connectivity index (χ2n) is 5.82. The van der Waals surface area contributed by atoms with Gasteiger partial charge in [-0.2, -0.15) is 0 Å². The number of rotatable bonds is 6. The zero-order chi connectivity index (χ0) is 14.3. The SMILES string of the molecule is c1cnc2c(OCCCNC3CCCCC3)cccc2c1. The molecule has 0 amide bonds. The molecule has 3 nitrogen and oxygen atoms in total. The van der Waals surface area contributed by atoms with E-state index in [2.05, 4.69) is 22.4 Å². The van der Waals surface area contributed by atoms with Crippen LogP contribution < -0.4 is 10.1 Å². The predicted molar refractivity (Wildman–Crippen MR) is 86.7 cm³/mol. The van der Waals surface area contributed by atoms with Crippen LogP contribution in [0.25, 0.3) is 10.9 Å². The first kappa shape index (κ1) is 14.3. The molecule has 1 aromatic heterocycles. The Bertz CT molecular complexity index is 559. The summed E-state index contributed by atoms with van der Waals surface area (Å²) in [7, 11) is 0. The van der Waals surface area contributed by atoms with Crippen molar-refractivity contribution in [3.05, 3.63) is 36.5 Å². The van der Waals surface area contributed by atoms with E-state index >= 15 is 0 Å². The van der Waals surface area contributed by atoms with Gasteiger partial charge in [0.25, 0.3) is 0 Å². The van der Waals surface area contributed by atoms with Crippen LogP contribution >= 0.6 is 0 Å². The maximum atomic E-state index is 5.91. The maximum absolute atomic E-state index is 5.91. The van der Waals surface area contributed by atoms with E-state index in [0.29, 0.717) is 0 Å². The second-order valence-corrected chi connectivity index (χ2v) is 5.82. The van der Waals surface area contributed by atoms with E-state index in [1.807, 2.05) is 24.4 Å². The third-order valence-electron chi connectivity index (χ3n) is 4.21. The Hall–Kier alpha value is -1.61. The molecule has 1 aliphatic rings. The molecule has 1 aliphatic carbocycles. The zero-order valence-electron chi connectivity index (χ0n) is 12.6. The van der Waals surface area contributed by atoms with Gasteiger partial charge in [0.1, 0.15) is 11.3 Å². The van der Waals surface area contributed by atoms with Crippen LogP contribution in [0.3, 0.4) is 0 Å². The summed E-state index contributed by atoms with van der Waals surface area (Å²) in [5.74, 6) is 0.894. The van der Waals surface area contributed by atoms with E-state index in [1.165, 1.54) is 32.1 Å². The largest absolute Gasteiger partial charge is 0.491 e. The minimum atomic E-state index is 0.734. The van der Waals surface area contributed by atoms with Gasteiger partial charge in [0, 0.05) is 17.6 Å². The van der Waals surface area contributed by atoms with Crippen LogP contribution in [0.15, 0.2) is 36.5 Å². The monoisotopic (exact) mass is 284 g/mol. The summed E-state index contributed by atoms with van der Waals surface area (Å²) >= 11 is 0. The van der Waals surface area contributed by atoms with Crippen molar-refractivity contribution in [2.75, 3.05) is 13.2 Å². The molecule has 0 saturated heterocycles. The molecule has 0 bridgehead atoms. The normalized spacial score (nSPS) is 16.2. The lowest BCUT2D eigenvalue weighted by Gasteiger charge is -2.22. The highest BCUT2D eigenvalue weighted by Gasteiger charge is 2.11. The Morgan fingerprint density at radius 3 is 2.86 bits per heavy atom. The van der Waals surface area contributed by atoms with Crippen LogP contribution in [0.5, 0.6) is 5.75 Å². The highest BCUT2D eigenvalue weighted by atomic mass is 16.5. The first-order chi connectivity index (χ1) is 10.4. The molecule has 0 radical (unpaired) electrons. The van der Waals surface area contributed by atoms with Crippen LogP contribution in [0, 0.1) is 0 Å². The Morgan fingerprint density at radius 1 is 1.10 bits per heavy atom.